The minimum Gasteiger partial charge on any atom is -0.490 e. The van der Waals surface area contributed by atoms with E-state index in [1.54, 1.807) is 0 Å². The fourth-order valence-electron chi connectivity index (χ4n) is 2.98. The summed E-state index contributed by atoms with van der Waals surface area (Å²) in [6.07, 6.45) is 5.84. The van der Waals surface area contributed by atoms with Crippen molar-refractivity contribution < 1.29 is 9.47 Å². The first-order valence-electron chi connectivity index (χ1n) is 7.00. The van der Waals surface area contributed by atoms with Crippen LogP contribution in [0.5, 0.6) is 11.5 Å². The summed E-state index contributed by atoms with van der Waals surface area (Å²) >= 11 is 0. The molecule has 0 saturated heterocycles. The summed E-state index contributed by atoms with van der Waals surface area (Å²) in [5.41, 5.74) is 7.56. The molecule has 1 aliphatic carbocycles. The lowest BCUT2D eigenvalue weighted by Gasteiger charge is -2.29. The standard InChI is InChI=1S/C15H21NO2/c16-13-5-2-1-4-12(13)11-6-7-14-15(10-11)18-9-3-8-17-14/h6-7,10,12-13H,1-5,8-9,16H2. The lowest BCUT2D eigenvalue weighted by molar-refractivity contribution is 0.296. The molecule has 2 N–H and O–H groups in total. The van der Waals surface area contributed by atoms with Gasteiger partial charge in [-0.3, -0.25) is 0 Å². The van der Waals surface area contributed by atoms with Gasteiger partial charge in [-0.1, -0.05) is 18.9 Å². The maximum Gasteiger partial charge on any atom is 0.161 e. The number of hydrogen-bond acceptors (Lipinski definition) is 3. The minimum absolute atomic E-state index is 0.295. The van der Waals surface area contributed by atoms with Crippen LogP contribution in [0.2, 0.25) is 0 Å². The summed E-state index contributed by atoms with van der Waals surface area (Å²) in [6, 6.07) is 6.63. The van der Waals surface area contributed by atoms with E-state index in [0.717, 1.165) is 37.6 Å². The van der Waals surface area contributed by atoms with Gasteiger partial charge in [-0.2, -0.15) is 0 Å². The van der Waals surface area contributed by atoms with Gasteiger partial charge in [-0.15, -0.1) is 0 Å². The summed E-state index contributed by atoms with van der Waals surface area (Å²) in [5, 5.41) is 0. The van der Waals surface area contributed by atoms with Crippen LogP contribution in [0.3, 0.4) is 0 Å². The molecule has 2 atom stereocenters. The first-order chi connectivity index (χ1) is 8.84. The van der Waals surface area contributed by atoms with Crippen molar-refractivity contribution in [3.63, 3.8) is 0 Å². The molecule has 3 heteroatoms. The molecule has 1 heterocycles. The van der Waals surface area contributed by atoms with Crippen LogP contribution in [0.25, 0.3) is 0 Å². The molecule has 18 heavy (non-hydrogen) atoms. The summed E-state index contributed by atoms with van der Waals surface area (Å²) in [5.74, 6) is 2.25. The number of ether oxygens (including phenoxy) is 2. The maximum absolute atomic E-state index is 6.25. The summed E-state index contributed by atoms with van der Waals surface area (Å²) in [6.45, 7) is 1.49. The van der Waals surface area contributed by atoms with Crippen molar-refractivity contribution in [2.24, 2.45) is 5.73 Å². The lowest BCUT2D eigenvalue weighted by Crippen LogP contribution is -2.31. The number of fused-ring (bicyclic) bond motifs is 1. The van der Waals surface area contributed by atoms with Crippen LogP contribution in [-0.4, -0.2) is 19.3 Å². The van der Waals surface area contributed by atoms with E-state index in [-0.39, 0.29) is 0 Å². The molecular formula is C15H21NO2. The minimum atomic E-state index is 0.295. The average molecular weight is 247 g/mol. The molecule has 1 fully saturated rings. The van der Waals surface area contributed by atoms with Crippen molar-refractivity contribution in [3.8, 4) is 11.5 Å². The Kier molecular flexibility index (Phi) is 3.41. The van der Waals surface area contributed by atoms with E-state index in [9.17, 15) is 0 Å². The number of nitrogens with two attached hydrogens (primary N) is 1. The molecule has 3 rings (SSSR count). The van der Waals surface area contributed by atoms with E-state index in [1.165, 1.54) is 24.8 Å². The molecule has 2 unspecified atom stereocenters. The molecule has 1 aliphatic heterocycles. The molecule has 0 spiro atoms. The highest BCUT2D eigenvalue weighted by atomic mass is 16.5. The zero-order valence-corrected chi connectivity index (χ0v) is 10.7. The zero-order valence-electron chi connectivity index (χ0n) is 10.7. The molecule has 2 aliphatic rings. The Morgan fingerprint density at radius 2 is 1.72 bits per heavy atom. The molecular weight excluding hydrogens is 226 g/mol. The van der Waals surface area contributed by atoms with E-state index in [2.05, 4.69) is 12.1 Å². The Hall–Kier alpha value is -1.22. The molecule has 0 amide bonds. The van der Waals surface area contributed by atoms with Crippen LogP contribution < -0.4 is 15.2 Å². The zero-order chi connectivity index (χ0) is 12.4. The van der Waals surface area contributed by atoms with E-state index in [1.807, 2.05) is 6.07 Å². The first-order valence-corrected chi connectivity index (χ1v) is 7.00. The molecule has 0 aromatic heterocycles. The monoisotopic (exact) mass is 247 g/mol. The summed E-state index contributed by atoms with van der Waals surface area (Å²) in [7, 11) is 0. The van der Waals surface area contributed by atoms with Crippen molar-refractivity contribution in [3.05, 3.63) is 23.8 Å². The van der Waals surface area contributed by atoms with Crippen LogP contribution in [0.4, 0.5) is 0 Å². The highest BCUT2D eigenvalue weighted by molar-refractivity contribution is 5.44. The molecule has 1 aromatic carbocycles. The maximum atomic E-state index is 6.25. The van der Waals surface area contributed by atoms with E-state index >= 15 is 0 Å². The SMILES string of the molecule is NC1CCCCC1c1ccc2c(c1)OCCCO2. The van der Waals surface area contributed by atoms with E-state index in [4.69, 9.17) is 15.2 Å². The lowest BCUT2D eigenvalue weighted by atomic mass is 9.80. The normalized spacial score (nSPS) is 27.6. The molecule has 98 valence electrons. The Morgan fingerprint density at radius 1 is 0.944 bits per heavy atom. The second-order valence-electron chi connectivity index (χ2n) is 5.31. The number of benzene rings is 1. The van der Waals surface area contributed by atoms with Gasteiger partial charge in [-0.05, 0) is 36.5 Å². The highest BCUT2D eigenvalue weighted by Gasteiger charge is 2.24. The third kappa shape index (κ3) is 2.32. The van der Waals surface area contributed by atoms with E-state index < -0.39 is 0 Å². The third-order valence-corrected chi connectivity index (χ3v) is 4.02. The Bertz CT molecular complexity index is 419. The Labute approximate surface area is 108 Å². The molecule has 0 radical (unpaired) electrons. The van der Waals surface area contributed by atoms with E-state index in [0.29, 0.717) is 12.0 Å². The van der Waals surface area contributed by atoms with Gasteiger partial charge < -0.3 is 15.2 Å². The van der Waals surface area contributed by atoms with Crippen LogP contribution in [-0.2, 0) is 0 Å². The summed E-state index contributed by atoms with van der Waals surface area (Å²) < 4.78 is 11.4. The van der Waals surface area contributed by atoms with Crippen molar-refractivity contribution >= 4 is 0 Å². The van der Waals surface area contributed by atoms with Gasteiger partial charge in [0.2, 0.25) is 0 Å². The fourth-order valence-corrected chi connectivity index (χ4v) is 2.98. The van der Waals surface area contributed by atoms with Gasteiger partial charge in [0, 0.05) is 12.5 Å². The predicted molar refractivity (Wildman–Crippen MR) is 71.2 cm³/mol. The van der Waals surface area contributed by atoms with Gasteiger partial charge >= 0.3 is 0 Å². The topological polar surface area (TPSA) is 44.5 Å². The van der Waals surface area contributed by atoms with Gasteiger partial charge in [0.25, 0.3) is 0 Å². The Balaban J connectivity index is 1.86. The van der Waals surface area contributed by atoms with Crippen LogP contribution in [0.15, 0.2) is 18.2 Å². The third-order valence-electron chi connectivity index (χ3n) is 4.02. The smallest absolute Gasteiger partial charge is 0.161 e. The van der Waals surface area contributed by atoms with Gasteiger partial charge in [0.1, 0.15) is 0 Å². The van der Waals surface area contributed by atoms with Crippen molar-refractivity contribution in [2.45, 2.75) is 44.1 Å². The quantitative estimate of drug-likeness (QED) is 0.830. The van der Waals surface area contributed by atoms with Gasteiger partial charge in [-0.25, -0.2) is 0 Å². The number of rotatable bonds is 1. The molecule has 3 nitrogen and oxygen atoms in total. The van der Waals surface area contributed by atoms with Crippen LogP contribution >= 0.6 is 0 Å². The number of hydrogen-bond donors (Lipinski definition) is 1. The highest BCUT2D eigenvalue weighted by Crippen LogP contribution is 2.37. The van der Waals surface area contributed by atoms with Crippen molar-refractivity contribution in [2.75, 3.05) is 13.2 Å². The van der Waals surface area contributed by atoms with Crippen molar-refractivity contribution in [1.29, 1.82) is 0 Å². The van der Waals surface area contributed by atoms with Crippen LogP contribution in [0, 0.1) is 0 Å². The van der Waals surface area contributed by atoms with Crippen LogP contribution in [0.1, 0.15) is 43.6 Å². The second kappa shape index (κ2) is 5.19. The molecule has 1 aromatic rings. The fraction of sp³-hybridized carbons (Fsp3) is 0.600. The first kappa shape index (κ1) is 11.8. The van der Waals surface area contributed by atoms with Gasteiger partial charge in [0.15, 0.2) is 11.5 Å². The largest absolute Gasteiger partial charge is 0.490 e. The van der Waals surface area contributed by atoms with Gasteiger partial charge in [0.05, 0.1) is 13.2 Å². The predicted octanol–water partition coefficient (Wildman–Crippen LogP) is 2.83. The summed E-state index contributed by atoms with van der Waals surface area (Å²) in [4.78, 5) is 0. The Morgan fingerprint density at radius 3 is 2.56 bits per heavy atom. The average Bonchev–Trinajstić information content (AvgIpc) is 2.63. The van der Waals surface area contributed by atoms with Crippen molar-refractivity contribution in [1.82, 2.24) is 0 Å². The molecule has 1 saturated carbocycles. The molecule has 0 bridgehead atoms. The second-order valence-corrected chi connectivity index (χ2v) is 5.31.